The summed E-state index contributed by atoms with van der Waals surface area (Å²) in [6.45, 7) is 37.4. The van der Waals surface area contributed by atoms with Crippen molar-refractivity contribution >= 4 is 38.9 Å². The number of amides is 1. The Kier molecular flexibility index (Phi) is 21.5. The zero-order valence-electron chi connectivity index (χ0n) is 57.9. The summed E-state index contributed by atoms with van der Waals surface area (Å²) in [6, 6.07) is 20.7. The molecule has 9 rings (SSSR count). The van der Waals surface area contributed by atoms with Crippen LogP contribution < -0.4 is 10.4 Å². The number of fused-ring (bicyclic) bond motifs is 3. The van der Waals surface area contributed by atoms with E-state index in [0.717, 1.165) is 31.3 Å². The first-order chi connectivity index (χ1) is 41.7. The van der Waals surface area contributed by atoms with Crippen LogP contribution in [0.5, 0.6) is 0 Å². The smallest absolute Gasteiger partial charge is 0.329 e. The van der Waals surface area contributed by atoms with Gasteiger partial charge in [-0.25, -0.2) is 4.79 Å². The third-order valence-electron chi connectivity index (χ3n) is 21.5. The number of hydrogen-bond acceptors (Lipinski definition) is 14. The van der Waals surface area contributed by atoms with E-state index in [1.54, 1.807) is 26.2 Å². The molecular formula is C72H113NO14Si2. The second-order valence-corrected chi connectivity index (χ2v) is 40.2. The van der Waals surface area contributed by atoms with E-state index >= 15 is 9.59 Å². The van der Waals surface area contributed by atoms with Gasteiger partial charge in [0.2, 0.25) is 5.79 Å². The SMILES string of the molecule is CO[C@H]1C[C@@H](C)CC(C)=C[C@H]2C[C@@H](O[Si](C)(C)C(C)(C)C)CO[C@@]23C[C@H](OC(C)(C)O3)[C@@H](C)[C@@H](/C(C)=C/[C@@H]2CC[C@@H](O[Si](c3ccccc3)(c3ccccc3)C(C)(C)C)[C@H](OC)C2)OC(=O)[C@@H]2CCCCN2C(=O)[C@@H]2OC(C)(C)O[C@@]23O[C@H]1[C@@H](OC)C[C@H]3C. The zero-order chi connectivity index (χ0) is 64.9. The number of cyclic esters (lactones) is 1. The van der Waals surface area contributed by atoms with Crippen molar-refractivity contribution in [1.29, 1.82) is 0 Å². The van der Waals surface area contributed by atoms with Crippen LogP contribution in [0.2, 0.25) is 23.2 Å². The largest absolute Gasteiger partial charge is 0.456 e. The number of piperidine rings is 1. The molecule has 0 radical (unpaired) electrons. The summed E-state index contributed by atoms with van der Waals surface area (Å²) in [5, 5.41) is 2.25. The van der Waals surface area contributed by atoms with Crippen molar-refractivity contribution in [2.45, 2.75) is 282 Å². The van der Waals surface area contributed by atoms with Gasteiger partial charge in [-0.1, -0.05) is 141 Å². The van der Waals surface area contributed by atoms with Gasteiger partial charge in [0.15, 0.2) is 31.8 Å². The van der Waals surface area contributed by atoms with Crippen molar-refractivity contribution in [2.75, 3.05) is 34.5 Å². The summed E-state index contributed by atoms with van der Waals surface area (Å²) in [4.78, 5) is 33.1. The van der Waals surface area contributed by atoms with Crippen molar-refractivity contribution in [1.82, 2.24) is 4.90 Å². The van der Waals surface area contributed by atoms with Crippen LogP contribution in [0.1, 0.15) is 174 Å². The van der Waals surface area contributed by atoms with Gasteiger partial charge in [0.1, 0.15) is 18.2 Å². The Morgan fingerprint density at radius 3 is 1.93 bits per heavy atom. The van der Waals surface area contributed by atoms with Gasteiger partial charge in [-0.2, -0.15) is 0 Å². The predicted molar refractivity (Wildman–Crippen MR) is 351 cm³/mol. The van der Waals surface area contributed by atoms with E-state index in [1.165, 1.54) is 15.9 Å². The first-order valence-corrected chi connectivity index (χ1v) is 38.5. The highest BCUT2D eigenvalue weighted by molar-refractivity contribution is 6.99. The molecule has 15 nitrogen and oxygen atoms in total. The molecule has 2 aromatic rings. The number of carbonyl (C=O) groups excluding carboxylic acids is 2. The fraction of sp³-hybridized carbons (Fsp3) is 0.750. The first kappa shape index (κ1) is 70.2. The van der Waals surface area contributed by atoms with Crippen molar-refractivity contribution in [3.8, 4) is 0 Å². The highest BCUT2D eigenvalue weighted by Gasteiger charge is 2.66. The predicted octanol–water partition coefficient (Wildman–Crippen LogP) is 13.0. The molecule has 6 heterocycles. The van der Waals surface area contributed by atoms with E-state index in [0.29, 0.717) is 58.1 Å². The molecule has 498 valence electrons. The van der Waals surface area contributed by atoms with Crippen LogP contribution >= 0.6 is 0 Å². The third kappa shape index (κ3) is 14.7. The number of hydrogen-bond donors (Lipinski definition) is 0. The number of carbonyl (C=O) groups is 2. The van der Waals surface area contributed by atoms with Crippen molar-refractivity contribution < 1.29 is 65.8 Å². The third-order valence-corrected chi connectivity index (χ3v) is 31.0. The van der Waals surface area contributed by atoms with E-state index in [2.05, 4.69) is 155 Å². The topological polar surface area (TPSA) is 148 Å². The van der Waals surface area contributed by atoms with Crippen molar-refractivity contribution in [3.63, 3.8) is 0 Å². The normalized spacial score (nSPS) is 37.2. The fourth-order valence-electron chi connectivity index (χ4n) is 16.1. The van der Waals surface area contributed by atoms with Gasteiger partial charge in [-0.05, 0) is 157 Å². The zero-order valence-corrected chi connectivity index (χ0v) is 59.9. The van der Waals surface area contributed by atoms with Gasteiger partial charge in [-0.3, -0.25) is 4.79 Å². The van der Waals surface area contributed by atoms with Crippen LogP contribution in [-0.4, -0.2) is 152 Å². The van der Waals surface area contributed by atoms with Gasteiger partial charge in [0.05, 0.1) is 43.2 Å². The lowest BCUT2D eigenvalue weighted by molar-refractivity contribution is -0.427. The highest BCUT2D eigenvalue weighted by Crippen LogP contribution is 2.53. The number of allylic oxidation sites excluding steroid dienone is 2. The number of nitrogens with zero attached hydrogens (tertiary/aromatic N) is 1. The van der Waals surface area contributed by atoms with Gasteiger partial charge in [0.25, 0.3) is 14.2 Å². The van der Waals surface area contributed by atoms with Crippen LogP contribution in [0.3, 0.4) is 0 Å². The summed E-state index contributed by atoms with van der Waals surface area (Å²) < 4.78 is 83.8. The van der Waals surface area contributed by atoms with Gasteiger partial charge < -0.3 is 61.1 Å². The molecule has 0 aromatic heterocycles. The van der Waals surface area contributed by atoms with Crippen LogP contribution in [0, 0.1) is 29.6 Å². The average Bonchev–Trinajstić information content (AvgIpc) is 1.76. The molecule has 7 aliphatic rings. The number of benzene rings is 2. The standard InChI is InChI=1S/C72H113NO14Si2/c1-46-37-47(2)39-59(77-17)63-60(78-18)41-49(4)72(82-63)64(83-70(14,15)87-72)65(74)73-36-28-27-33-56(73)66(75)80-62(50(5)61-44-71(86-69(12,13)81-61)52(38-46)43-53(45-79-71)84-88(19,20)67(6,7)8)48(3)40-51-34-35-57(58(42-51)76-16)85-89(68(9,10)11,54-29-23-21-24-30-54)55-31-25-22-26-32-55/h21-26,29-32,38,40,47,49-53,56-64H,27-28,33-37,39,41-45H2,1-20H3/b46-38?,48-40+/t47-,49+,50+,51-,52-,53+,56-,57+,58+,59-,60-,61-,62+,63+,64-,71+,72+/m0/s1. The Bertz CT molecular complexity index is 2740. The number of ether oxygens (including phenoxy) is 10. The minimum atomic E-state index is -2.92. The quantitative estimate of drug-likeness (QED) is 0.119. The maximum absolute atomic E-state index is 15.7. The second kappa shape index (κ2) is 27.3. The summed E-state index contributed by atoms with van der Waals surface area (Å²) in [5.41, 5.74) is 2.10. The molecule has 2 aromatic carbocycles. The fourth-order valence-corrected chi connectivity index (χ4v) is 22.2. The molecular weight excluding hydrogens is 1160 g/mol. The molecule has 1 aliphatic carbocycles. The monoisotopic (exact) mass is 1270 g/mol. The summed E-state index contributed by atoms with van der Waals surface area (Å²) in [5.74, 6) is -6.55. The second-order valence-electron chi connectivity index (χ2n) is 31.2. The highest BCUT2D eigenvalue weighted by atomic mass is 28.4. The molecule has 0 N–H and O–H groups in total. The molecule has 1 saturated carbocycles. The Balaban J connectivity index is 1.12. The maximum Gasteiger partial charge on any atom is 0.329 e. The number of esters is 1. The molecule has 5 saturated heterocycles. The van der Waals surface area contributed by atoms with E-state index in [9.17, 15) is 0 Å². The van der Waals surface area contributed by atoms with Crippen molar-refractivity contribution in [3.05, 3.63) is 84.0 Å². The van der Waals surface area contributed by atoms with Crippen LogP contribution in [0.15, 0.2) is 84.0 Å². The Hall–Kier alpha value is -3.15. The van der Waals surface area contributed by atoms with Gasteiger partial charge >= 0.3 is 5.97 Å². The summed E-state index contributed by atoms with van der Waals surface area (Å²) in [6.07, 6.45) is 7.42. The lowest BCUT2D eigenvalue weighted by Gasteiger charge is -2.55. The van der Waals surface area contributed by atoms with Gasteiger partial charge in [0, 0.05) is 52.0 Å². The number of methoxy groups -OCH3 is 3. The van der Waals surface area contributed by atoms with Crippen molar-refractivity contribution in [2.24, 2.45) is 29.6 Å². The summed E-state index contributed by atoms with van der Waals surface area (Å²) in [7, 11) is 0.0775. The molecule has 6 aliphatic heterocycles. The summed E-state index contributed by atoms with van der Waals surface area (Å²) >= 11 is 0. The van der Waals surface area contributed by atoms with E-state index in [4.69, 9.17) is 56.2 Å². The minimum absolute atomic E-state index is 0.00865. The van der Waals surface area contributed by atoms with Crippen LogP contribution in [0.25, 0.3) is 0 Å². The van der Waals surface area contributed by atoms with Crippen LogP contribution in [-0.2, 0) is 65.8 Å². The molecule has 17 atom stereocenters. The van der Waals surface area contributed by atoms with E-state index in [-0.39, 0.29) is 64.1 Å². The molecule has 89 heavy (non-hydrogen) atoms. The number of rotatable bonds is 11. The minimum Gasteiger partial charge on any atom is -0.456 e. The lowest BCUT2D eigenvalue weighted by atomic mass is 9.78. The average molecular weight is 1270 g/mol. The molecule has 4 bridgehead atoms. The molecule has 2 spiro atoms. The molecule has 0 unspecified atom stereocenters. The van der Waals surface area contributed by atoms with Gasteiger partial charge in [-0.15, -0.1) is 0 Å². The molecule has 1 amide bonds. The maximum atomic E-state index is 15.7. The first-order valence-electron chi connectivity index (χ1n) is 33.7. The Morgan fingerprint density at radius 2 is 1.33 bits per heavy atom. The van der Waals surface area contributed by atoms with Crippen LogP contribution in [0.4, 0.5) is 0 Å². The molecule has 6 fully saturated rings. The molecule has 17 heteroatoms. The Morgan fingerprint density at radius 1 is 0.708 bits per heavy atom. The van der Waals surface area contributed by atoms with E-state index in [1.807, 2.05) is 34.6 Å². The Labute approximate surface area is 536 Å². The lowest BCUT2D eigenvalue weighted by Crippen LogP contribution is -2.68. The van der Waals surface area contributed by atoms with E-state index < -0.39 is 88.2 Å².